The topological polar surface area (TPSA) is 71.0 Å². The fourth-order valence-corrected chi connectivity index (χ4v) is 2.67. The van der Waals surface area contributed by atoms with Crippen LogP contribution in [0.5, 0.6) is 0 Å². The Morgan fingerprint density at radius 2 is 1.68 bits per heavy atom. The van der Waals surface area contributed by atoms with E-state index in [0.29, 0.717) is 24.6 Å². The molecule has 0 saturated carbocycles. The molecular weight excluding hydrogens is 357 g/mol. The number of benzene rings is 1. The molecule has 144 valence electrons. The summed E-state index contributed by atoms with van der Waals surface area (Å²) in [6.45, 7) is 1.22. The summed E-state index contributed by atoms with van der Waals surface area (Å²) in [7, 11) is 1.75. The summed E-state index contributed by atoms with van der Waals surface area (Å²) >= 11 is 0. The van der Waals surface area contributed by atoms with Crippen LogP contribution in [0.3, 0.4) is 0 Å². The minimum absolute atomic E-state index is 0.167. The van der Waals surface area contributed by atoms with Gasteiger partial charge in [0, 0.05) is 32.5 Å². The molecular formula is C21H22FN5O. The highest BCUT2D eigenvalue weighted by molar-refractivity contribution is 5.92. The lowest BCUT2D eigenvalue weighted by atomic mass is 10.1. The molecule has 0 fully saturated rings. The summed E-state index contributed by atoms with van der Waals surface area (Å²) in [6.07, 6.45) is 4.97. The summed E-state index contributed by atoms with van der Waals surface area (Å²) in [5.74, 6) is 0.186. The first-order chi connectivity index (χ1) is 13.6. The predicted octanol–water partition coefficient (Wildman–Crippen LogP) is 2.98. The van der Waals surface area contributed by atoms with Crippen LogP contribution in [-0.4, -0.2) is 46.1 Å². The van der Waals surface area contributed by atoms with Crippen molar-refractivity contribution < 1.29 is 9.18 Å². The minimum atomic E-state index is -0.242. The quantitative estimate of drug-likeness (QED) is 0.652. The fraction of sp³-hybridized carbons (Fsp3) is 0.238. The zero-order valence-electron chi connectivity index (χ0n) is 15.7. The second-order valence-corrected chi connectivity index (χ2v) is 6.44. The molecule has 0 spiro atoms. The molecule has 1 N–H and O–H groups in total. The Balaban J connectivity index is 1.47. The molecule has 7 heteroatoms. The molecule has 0 aliphatic rings. The van der Waals surface area contributed by atoms with Crippen LogP contribution in [0.15, 0.2) is 60.9 Å². The van der Waals surface area contributed by atoms with Gasteiger partial charge in [0.25, 0.3) is 5.91 Å². The first-order valence-electron chi connectivity index (χ1n) is 9.08. The lowest BCUT2D eigenvalue weighted by Gasteiger charge is -2.16. The number of halogens is 1. The lowest BCUT2D eigenvalue weighted by molar-refractivity contribution is 0.0789. The summed E-state index contributed by atoms with van der Waals surface area (Å²) in [5.41, 5.74) is 2.47. The maximum atomic E-state index is 12.9. The average molecular weight is 379 g/mol. The van der Waals surface area contributed by atoms with E-state index in [1.165, 1.54) is 12.1 Å². The van der Waals surface area contributed by atoms with E-state index in [4.69, 9.17) is 0 Å². The number of likely N-dealkylation sites (N-methyl/N-ethyl adjacent to an activating group) is 1. The Hall–Kier alpha value is -3.35. The maximum absolute atomic E-state index is 12.9. The highest BCUT2D eigenvalue weighted by Crippen LogP contribution is 2.07. The van der Waals surface area contributed by atoms with Gasteiger partial charge >= 0.3 is 0 Å². The number of carbonyl (C=O) groups excluding carboxylic acids is 1. The SMILES string of the molecule is CN(CCc1ccncc1)C(=O)c1ccc(NCCc2ccc(F)cc2)nn1. The maximum Gasteiger partial charge on any atom is 0.274 e. The smallest absolute Gasteiger partial charge is 0.274 e. The van der Waals surface area contributed by atoms with Gasteiger partial charge in [0.15, 0.2) is 5.69 Å². The Morgan fingerprint density at radius 3 is 2.36 bits per heavy atom. The van der Waals surface area contributed by atoms with E-state index >= 15 is 0 Å². The number of nitrogens with one attached hydrogen (secondary N) is 1. The van der Waals surface area contributed by atoms with Gasteiger partial charge in [-0.25, -0.2) is 4.39 Å². The first-order valence-corrected chi connectivity index (χ1v) is 9.08. The molecule has 0 atom stereocenters. The lowest BCUT2D eigenvalue weighted by Crippen LogP contribution is -2.29. The zero-order chi connectivity index (χ0) is 19.8. The van der Waals surface area contributed by atoms with Crippen molar-refractivity contribution in [2.75, 3.05) is 25.5 Å². The van der Waals surface area contributed by atoms with E-state index < -0.39 is 0 Å². The number of hydrogen-bond acceptors (Lipinski definition) is 5. The van der Waals surface area contributed by atoms with E-state index in [2.05, 4.69) is 20.5 Å². The Bertz CT molecular complexity index is 885. The number of hydrogen-bond donors (Lipinski definition) is 1. The van der Waals surface area contributed by atoms with Crippen molar-refractivity contribution in [1.29, 1.82) is 0 Å². The van der Waals surface area contributed by atoms with Crippen LogP contribution in [0.4, 0.5) is 10.2 Å². The normalized spacial score (nSPS) is 10.5. The van der Waals surface area contributed by atoms with Gasteiger partial charge < -0.3 is 10.2 Å². The standard InChI is InChI=1S/C21H22FN5O/c1-27(15-11-17-8-12-23-13-9-17)21(28)19-6-7-20(26-25-19)24-14-10-16-2-4-18(22)5-3-16/h2-9,12-13H,10-11,14-15H2,1H3,(H,24,26). The molecule has 28 heavy (non-hydrogen) atoms. The zero-order valence-corrected chi connectivity index (χ0v) is 15.7. The van der Waals surface area contributed by atoms with E-state index in [9.17, 15) is 9.18 Å². The van der Waals surface area contributed by atoms with Crippen molar-refractivity contribution >= 4 is 11.7 Å². The molecule has 0 aliphatic carbocycles. The monoisotopic (exact) mass is 379 g/mol. The summed E-state index contributed by atoms with van der Waals surface area (Å²) in [6, 6.07) is 13.7. The molecule has 2 aromatic heterocycles. The van der Waals surface area contributed by atoms with Crippen molar-refractivity contribution in [3.63, 3.8) is 0 Å². The van der Waals surface area contributed by atoms with E-state index in [1.54, 1.807) is 48.6 Å². The molecule has 0 bridgehead atoms. The van der Waals surface area contributed by atoms with Crippen LogP contribution in [0.2, 0.25) is 0 Å². The van der Waals surface area contributed by atoms with Gasteiger partial charge in [-0.1, -0.05) is 12.1 Å². The van der Waals surface area contributed by atoms with Gasteiger partial charge in [-0.15, -0.1) is 10.2 Å². The number of anilines is 1. The van der Waals surface area contributed by atoms with Crippen LogP contribution in [0, 0.1) is 5.82 Å². The van der Waals surface area contributed by atoms with Crippen molar-refractivity contribution in [1.82, 2.24) is 20.1 Å². The molecule has 0 radical (unpaired) electrons. The molecule has 1 amide bonds. The second-order valence-electron chi connectivity index (χ2n) is 6.44. The third-order valence-electron chi connectivity index (χ3n) is 4.35. The van der Waals surface area contributed by atoms with E-state index in [1.807, 2.05) is 12.1 Å². The van der Waals surface area contributed by atoms with Crippen molar-refractivity contribution in [3.8, 4) is 0 Å². The highest BCUT2D eigenvalue weighted by Gasteiger charge is 2.13. The highest BCUT2D eigenvalue weighted by atomic mass is 19.1. The molecule has 0 unspecified atom stereocenters. The number of rotatable bonds is 8. The Kier molecular flexibility index (Phi) is 6.62. The average Bonchev–Trinajstić information content (AvgIpc) is 2.74. The third kappa shape index (κ3) is 5.57. The van der Waals surface area contributed by atoms with Crippen LogP contribution < -0.4 is 5.32 Å². The number of pyridine rings is 1. The number of carbonyl (C=O) groups is 1. The fourth-order valence-electron chi connectivity index (χ4n) is 2.67. The minimum Gasteiger partial charge on any atom is -0.368 e. The summed E-state index contributed by atoms with van der Waals surface area (Å²) < 4.78 is 12.9. The van der Waals surface area contributed by atoms with Crippen LogP contribution in [0.25, 0.3) is 0 Å². The third-order valence-corrected chi connectivity index (χ3v) is 4.35. The van der Waals surface area contributed by atoms with Gasteiger partial charge in [0.1, 0.15) is 11.6 Å². The first kappa shape index (κ1) is 19.4. The van der Waals surface area contributed by atoms with Crippen LogP contribution in [0.1, 0.15) is 21.6 Å². The molecule has 3 rings (SSSR count). The van der Waals surface area contributed by atoms with Crippen molar-refractivity contribution in [2.24, 2.45) is 0 Å². The molecule has 2 heterocycles. The summed E-state index contributed by atoms with van der Waals surface area (Å²) in [5, 5.41) is 11.2. The molecule has 1 aromatic carbocycles. The number of aromatic nitrogens is 3. The summed E-state index contributed by atoms with van der Waals surface area (Å²) in [4.78, 5) is 18.1. The van der Waals surface area contributed by atoms with E-state index in [0.717, 1.165) is 24.0 Å². The van der Waals surface area contributed by atoms with Gasteiger partial charge in [-0.2, -0.15) is 0 Å². The van der Waals surface area contributed by atoms with Crippen LogP contribution >= 0.6 is 0 Å². The Morgan fingerprint density at radius 1 is 0.964 bits per heavy atom. The van der Waals surface area contributed by atoms with Gasteiger partial charge in [-0.05, 0) is 60.4 Å². The predicted molar refractivity (Wildman–Crippen MR) is 106 cm³/mol. The van der Waals surface area contributed by atoms with Gasteiger partial charge in [0.05, 0.1) is 0 Å². The Labute approximate surface area is 163 Å². The second kappa shape index (κ2) is 9.55. The molecule has 0 aliphatic heterocycles. The molecule has 0 saturated heterocycles. The van der Waals surface area contributed by atoms with Crippen molar-refractivity contribution in [2.45, 2.75) is 12.8 Å². The van der Waals surface area contributed by atoms with Gasteiger partial charge in [-0.3, -0.25) is 9.78 Å². The number of nitrogens with zero attached hydrogens (tertiary/aromatic N) is 4. The van der Waals surface area contributed by atoms with Gasteiger partial charge in [0.2, 0.25) is 0 Å². The van der Waals surface area contributed by atoms with E-state index in [-0.39, 0.29) is 11.7 Å². The largest absolute Gasteiger partial charge is 0.368 e. The van der Waals surface area contributed by atoms with Crippen LogP contribution in [-0.2, 0) is 12.8 Å². The molecule has 3 aromatic rings. The van der Waals surface area contributed by atoms with Crippen molar-refractivity contribution in [3.05, 3.63) is 83.6 Å². The number of amides is 1. The molecule has 6 nitrogen and oxygen atoms in total.